The molecule has 5 heteroatoms. The number of hydrogen-bond donors (Lipinski definition) is 2. The molecule has 0 amide bonds. The number of phenolic OH excluding ortho intramolecular Hbond substituents is 1. The summed E-state index contributed by atoms with van der Waals surface area (Å²) in [5, 5.41) is 9.52. The monoisotopic (exact) mass is 227 g/mol. The summed E-state index contributed by atoms with van der Waals surface area (Å²) in [5.41, 5.74) is 5.55. The van der Waals surface area contributed by atoms with Crippen LogP contribution < -0.4 is 5.73 Å². The van der Waals surface area contributed by atoms with E-state index >= 15 is 0 Å². The van der Waals surface area contributed by atoms with Gasteiger partial charge < -0.3 is 10.8 Å². The zero-order valence-electron chi connectivity index (χ0n) is 8.34. The molecule has 0 radical (unpaired) electrons. The van der Waals surface area contributed by atoms with Crippen LogP contribution in [0.4, 0.5) is 0 Å². The van der Waals surface area contributed by atoms with Crippen LogP contribution in [-0.2, 0) is 9.84 Å². The Hall–Kier alpha value is -1.33. The van der Waals surface area contributed by atoms with Crippen LogP contribution in [0.25, 0.3) is 6.08 Å². The normalized spacial score (nSPS) is 12.1. The summed E-state index contributed by atoms with van der Waals surface area (Å²) >= 11 is 0. The van der Waals surface area contributed by atoms with Crippen LogP contribution in [0.15, 0.2) is 29.2 Å². The first-order valence-electron chi connectivity index (χ1n) is 4.35. The number of phenols is 1. The number of aromatic hydroxyl groups is 1. The molecular weight excluding hydrogens is 214 g/mol. The second kappa shape index (κ2) is 4.46. The van der Waals surface area contributed by atoms with Gasteiger partial charge in [-0.3, -0.25) is 0 Å². The van der Waals surface area contributed by atoms with Gasteiger partial charge in [0.15, 0.2) is 9.84 Å². The molecule has 0 atom stereocenters. The van der Waals surface area contributed by atoms with E-state index in [2.05, 4.69) is 0 Å². The van der Waals surface area contributed by atoms with Gasteiger partial charge in [0.05, 0.1) is 4.90 Å². The Bertz CT molecular complexity index is 477. The maximum atomic E-state index is 11.4. The van der Waals surface area contributed by atoms with Gasteiger partial charge in [-0.1, -0.05) is 18.2 Å². The molecule has 0 aromatic heterocycles. The molecule has 0 unspecified atom stereocenters. The van der Waals surface area contributed by atoms with Crippen LogP contribution in [0.5, 0.6) is 5.75 Å². The van der Waals surface area contributed by atoms with Crippen molar-refractivity contribution in [3.05, 3.63) is 29.8 Å². The molecule has 1 aromatic rings. The van der Waals surface area contributed by atoms with Gasteiger partial charge in [-0.25, -0.2) is 8.42 Å². The molecule has 0 aliphatic heterocycles. The lowest BCUT2D eigenvalue weighted by Crippen LogP contribution is -2.00. The third-order valence-corrected chi connectivity index (χ3v) is 3.02. The van der Waals surface area contributed by atoms with Gasteiger partial charge in [-0.15, -0.1) is 0 Å². The molecule has 0 saturated carbocycles. The standard InChI is InChI=1S/C10H13NO3S/c1-15(13,14)10-6-2-5-9(12)8(10)4-3-7-11/h2-6,12H,7,11H2,1H3/b4-3+. The van der Waals surface area contributed by atoms with Crippen molar-refractivity contribution in [2.75, 3.05) is 12.8 Å². The highest BCUT2D eigenvalue weighted by Gasteiger charge is 2.13. The molecule has 0 bridgehead atoms. The van der Waals surface area contributed by atoms with E-state index in [0.29, 0.717) is 0 Å². The van der Waals surface area contributed by atoms with E-state index in [0.717, 1.165) is 6.26 Å². The molecule has 82 valence electrons. The zero-order valence-corrected chi connectivity index (χ0v) is 9.16. The molecule has 0 aliphatic rings. The Labute approximate surface area is 89.0 Å². The van der Waals surface area contributed by atoms with Crippen molar-refractivity contribution in [1.82, 2.24) is 0 Å². The van der Waals surface area contributed by atoms with Crippen molar-refractivity contribution >= 4 is 15.9 Å². The minimum Gasteiger partial charge on any atom is -0.507 e. The quantitative estimate of drug-likeness (QED) is 0.799. The molecule has 0 aliphatic carbocycles. The summed E-state index contributed by atoms with van der Waals surface area (Å²) in [6, 6.07) is 4.38. The Morgan fingerprint density at radius 1 is 1.47 bits per heavy atom. The largest absolute Gasteiger partial charge is 0.507 e. The second-order valence-electron chi connectivity index (χ2n) is 3.10. The highest BCUT2D eigenvalue weighted by atomic mass is 32.2. The molecular formula is C10H13NO3S. The lowest BCUT2D eigenvalue weighted by Gasteiger charge is -2.05. The molecule has 0 fully saturated rings. The van der Waals surface area contributed by atoms with Crippen LogP contribution >= 0.6 is 0 Å². The van der Waals surface area contributed by atoms with Gasteiger partial charge in [0.25, 0.3) is 0 Å². The fourth-order valence-corrected chi connectivity index (χ4v) is 2.11. The molecule has 15 heavy (non-hydrogen) atoms. The third-order valence-electron chi connectivity index (χ3n) is 1.86. The van der Waals surface area contributed by atoms with E-state index in [9.17, 15) is 13.5 Å². The molecule has 1 rings (SSSR count). The lowest BCUT2D eigenvalue weighted by molar-refractivity contribution is 0.471. The molecule has 0 saturated heterocycles. The second-order valence-corrected chi connectivity index (χ2v) is 5.08. The van der Waals surface area contributed by atoms with Crippen molar-refractivity contribution in [2.24, 2.45) is 5.73 Å². The summed E-state index contributed by atoms with van der Waals surface area (Å²) < 4.78 is 22.8. The van der Waals surface area contributed by atoms with Gasteiger partial charge >= 0.3 is 0 Å². The highest BCUT2D eigenvalue weighted by molar-refractivity contribution is 7.90. The van der Waals surface area contributed by atoms with Crippen molar-refractivity contribution in [3.63, 3.8) is 0 Å². The molecule has 3 N–H and O–H groups in total. The van der Waals surface area contributed by atoms with E-state index in [1.54, 1.807) is 6.08 Å². The van der Waals surface area contributed by atoms with Gasteiger partial charge in [0, 0.05) is 18.4 Å². The van der Waals surface area contributed by atoms with Gasteiger partial charge in [-0.2, -0.15) is 0 Å². The maximum Gasteiger partial charge on any atom is 0.176 e. The fourth-order valence-electron chi connectivity index (χ4n) is 1.21. The molecule has 0 heterocycles. The first kappa shape index (κ1) is 11.7. The minimum absolute atomic E-state index is 0.0670. The SMILES string of the molecule is CS(=O)(=O)c1cccc(O)c1/C=C/CN. The van der Waals surface area contributed by atoms with Gasteiger partial charge in [0.2, 0.25) is 0 Å². The van der Waals surface area contributed by atoms with Crippen LogP contribution in [-0.4, -0.2) is 26.3 Å². The third kappa shape index (κ3) is 2.81. The summed E-state index contributed by atoms with van der Waals surface area (Å²) in [7, 11) is -3.34. The van der Waals surface area contributed by atoms with Crippen molar-refractivity contribution < 1.29 is 13.5 Å². The van der Waals surface area contributed by atoms with Crippen molar-refractivity contribution in [2.45, 2.75) is 4.90 Å². The predicted molar refractivity (Wildman–Crippen MR) is 59.3 cm³/mol. The van der Waals surface area contributed by atoms with Gasteiger partial charge in [-0.05, 0) is 12.1 Å². The van der Waals surface area contributed by atoms with Crippen molar-refractivity contribution in [1.29, 1.82) is 0 Å². The Morgan fingerprint density at radius 2 is 2.13 bits per heavy atom. The average Bonchev–Trinajstić information content (AvgIpc) is 2.14. The number of nitrogens with two attached hydrogens (primary N) is 1. The fraction of sp³-hybridized carbons (Fsp3) is 0.200. The Balaban J connectivity index is 3.40. The molecule has 1 aromatic carbocycles. The number of benzene rings is 1. The number of rotatable bonds is 3. The smallest absolute Gasteiger partial charge is 0.176 e. The first-order chi connectivity index (χ1) is 6.96. The van der Waals surface area contributed by atoms with E-state index in [1.165, 1.54) is 24.3 Å². The van der Waals surface area contributed by atoms with Crippen molar-refractivity contribution in [3.8, 4) is 5.75 Å². The minimum atomic E-state index is -3.34. The molecule has 0 spiro atoms. The summed E-state index contributed by atoms with van der Waals surface area (Å²) in [4.78, 5) is 0.104. The maximum absolute atomic E-state index is 11.4. The zero-order chi connectivity index (χ0) is 11.5. The Morgan fingerprint density at radius 3 is 2.67 bits per heavy atom. The summed E-state index contributed by atoms with van der Waals surface area (Å²) in [6.07, 6.45) is 4.19. The highest BCUT2D eigenvalue weighted by Crippen LogP contribution is 2.25. The number of sulfone groups is 1. The van der Waals surface area contributed by atoms with E-state index in [-0.39, 0.29) is 22.8 Å². The summed E-state index contributed by atoms with van der Waals surface area (Å²) in [5.74, 6) is -0.0670. The van der Waals surface area contributed by atoms with Crippen LogP contribution in [0.1, 0.15) is 5.56 Å². The lowest BCUT2D eigenvalue weighted by atomic mass is 10.2. The van der Waals surface area contributed by atoms with E-state index < -0.39 is 9.84 Å². The van der Waals surface area contributed by atoms with Crippen LogP contribution in [0.2, 0.25) is 0 Å². The molecule has 4 nitrogen and oxygen atoms in total. The van der Waals surface area contributed by atoms with Crippen LogP contribution in [0, 0.1) is 0 Å². The van der Waals surface area contributed by atoms with Crippen LogP contribution in [0.3, 0.4) is 0 Å². The Kier molecular flexibility index (Phi) is 3.49. The summed E-state index contributed by atoms with van der Waals surface area (Å²) in [6.45, 7) is 0.289. The predicted octanol–water partition coefficient (Wildman–Crippen LogP) is 0.768. The topological polar surface area (TPSA) is 80.4 Å². The van der Waals surface area contributed by atoms with Gasteiger partial charge in [0.1, 0.15) is 5.75 Å². The average molecular weight is 227 g/mol. The van der Waals surface area contributed by atoms with E-state index in [1.807, 2.05) is 0 Å². The van der Waals surface area contributed by atoms with E-state index in [4.69, 9.17) is 5.73 Å². The number of hydrogen-bond acceptors (Lipinski definition) is 4. The first-order valence-corrected chi connectivity index (χ1v) is 6.24.